The van der Waals surface area contributed by atoms with E-state index in [2.05, 4.69) is 16.9 Å². The number of benzene rings is 1. The molecule has 1 aliphatic heterocycles. The maximum atomic E-state index is 13.0. The fourth-order valence-corrected chi connectivity index (χ4v) is 4.06. The molecule has 0 bridgehead atoms. The lowest BCUT2D eigenvalue weighted by atomic mass is 10.1. The molecule has 1 aromatic carbocycles. The van der Waals surface area contributed by atoms with Crippen LogP contribution in [0.3, 0.4) is 0 Å². The lowest BCUT2D eigenvalue weighted by Gasteiger charge is -2.15. The van der Waals surface area contributed by atoms with Crippen LogP contribution in [-0.4, -0.2) is 42.4 Å². The fourth-order valence-electron chi connectivity index (χ4n) is 3.89. The van der Waals surface area contributed by atoms with Crippen LogP contribution in [0.1, 0.15) is 53.3 Å². The van der Waals surface area contributed by atoms with E-state index in [1.165, 1.54) is 4.57 Å². The summed E-state index contributed by atoms with van der Waals surface area (Å²) in [5.41, 5.74) is 0.162. The van der Waals surface area contributed by atoms with Gasteiger partial charge in [0, 0.05) is 19.6 Å². The molecule has 3 aromatic rings. The van der Waals surface area contributed by atoms with Crippen molar-refractivity contribution in [1.82, 2.24) is 24.0 Å². The summed E-state index contributed by atoms with van der Waals surface area (Å²) in [7, 11) is 0. The summed E-state index contributed by atoms with van der Waals surface area (Å²) in [6.07, 6.45) is 2.95. The molecule has 0 saturated heterocycles. The van der Waals surface area contributed by atoms with Crippen molar-refractivity contribution in [2.45, 2.75) is 45.7 Å². The van der Waals surface area contributed by atoms with Crippen LogP contribution >= 0.6 is 11.6 Å². The van der Waals surface area contributed by atoms with E-state index in [0.29, 0.717) is 17.7 Å². The molecule has 162 valence electrons. The third kappa shape index (κ3) is 3.69. The largest absolute Gasteiger partial charge is 0.332 e. The van der Waals surface area contributed by atoms with Crippen LogP contribution in [0.25, 0.3) is 11.2 Å². The van der Waals surface area contributed by atoms with E-state index >= 15 is 0 Å². The predicted octanol–water partition coefficient (Wildman–Crippen LogP) is 2.42. The summed E-state index contributed by atoms with van der Waals surface area (Å²) in [6.45, 7) is 2.65. The van der Waals surface area contributed by atoms with Crippen molar-refractivity contribution in [3.8, 4) is 0 Å². The number of fused-ring (bicyclic) bond motifs is 2. The molecular formula is C21H22ClN5O4. The van der Waals surface area contributed by atoms with Gasteiger partial charge in [-0.1, -0.05) is 31.9 Å². The Kier molecular flexibility index (Phi) is 5.77. The highest BCUT2D eigenvalue weighted by atomic mass is 35.5. The summed E-state index contributed by atoms with van der Waals surface area (Å²) >= 11 is 5.95. The van der Waals surface area contributed by atoms with Gasteiger partial charge in [-0.05, 0) is 36.6 Å². The number of carbonyl (C=O) groups is 2. The highest BCUT2D eigenvalue weighted by Crippen LogP contribution is 2.22. The number of halogens is 1. The molecule has 4 rings (SSSR count). The number of aromatic amines is 1. The molecule has 0 radical (unpaired) electrons. The van der Waals surface area contributed by atoms with E-state index < -0.39 is 11.2 Å². The topological polar surface area (TPSA) is 110 Å². The van der Waals surface area contributed by atoms with Crippen LogP contribution in [0, 0.1) is 0 Å². The Labute approximate surface area is 182 Å². The van der Waals surface area contributed by atoms with Gasteiger partial charge in [0.25, 0.3) is 17.4 Å². The normalized spacial score (nSPS) is 13.4. The summed E-state index contributed by atoms with van der Waals surface area (Å²) in [5.74, 6) is -0.721. The molecular weight excluding hydrogens is 422 g/mol. The zero-order valence-corrected chi connectivity index (χ0v) is 17.8. The Morgan fingerprint density at radius 2 is 1.55 bits per heavy atom. The molecule has 0 atom stereocenters. The van der Waals surface area contributed by atoms with Crippen molar-refractivity contribution in [2.75, 3.05) is 6.54 Å². The number of amides is 2. The zero-order valence-electron chi connectivity index (χ0n) is 17.1. The number of imidazole rings is 1. The maximum absolute atomic E-state index is 13.0. The van der Waals surface area contributed by atoms with Crippen LogP contribution in [0.2, 0.25) is 5.28 Å². The number of nitrogens with zero attached hydrogens (tertiary/aromatic N) is 4. The first-order valence-electron chi connectivity index (χ1n) is 10.3. The van der Waals surface area contributed by atoms with E-state index in [4.69, 9.17) is 11.6 Å². The molecule has 9 nitrogen and oxygen atoms in total. The molecule has 0 saturated carbocycles. The van der Waals surface area contributed by atoms with Crippen LogP contribution in [0.15, 0.2) is 33.9 Å². The summed E-state index contributed by atoms with van der Waals surface area (Å²) in [5, 5.41) is 0.0412. The van der Waals surface area contributed by atoms with Crippen LogP contribution in [-0.2, 0) is 13.1 Å². The second-order valence-electron chi connectivity index (χ2n) is 7.49. The van der Waals surface area contributed by atoms with Gasteiger partial charge in [0.15, 0.2) is 11.2 Å². The molecule has 10 heteroatoms. The van der Waals surface area contributed by atoms with Gasteiger partial charge < -0.3 is 4.98 Å². The van der Waals surface area contributed by atoms with Crippen molar-refractivity contribution in [1.29, 1.82) is 0 Å². The van der Waals surface area contributed by atoms with E-state index in [1.807, 2.05) is 0 Å². The number of hydrogen-bond acceptors (Lipinski definition) is 5. The molecule has 31 heavy (non-hydrogen) atoms. The van der Waals surface area contributed by atoms with Crippen LogP contribution < -0.4 is 11.2 Å². The number of hydrogen-bond donors (Lipinski definition) is 1. The number of H-pyrrole nitrogens is 1. The Morgan fingerprint density at radius 3 is 2.19 bits per heavy atom. The Bertz CT molecular complexity index is 1250. The summed E-state index contributed by atoms with van der Waals surface area (Å²) < 4.78 is 2.57. The van der Waals surface area contributed by atoms with Crippen molar-refractivity contribution in [2.24, 2.45) is 0 Å². The third-order valence-electron chi connectivity index (χ3n) is 5.46. The fraction of sp³-hybridized carbons (Fsp3) is 0.381. The average molecular weight is 444 g/mol. The second-order valence-corrected chi connectivity index (χ2v) is 7.84. The predicted molar refractivity (Wildman–Crippen MR) is 116 cm³/mol. The van der Waals surface area contributed by atoms with Gasteiger partial charge in [0.2, 0.25) is 5.28 Å². The Balaban J connectivity index is 1.58. The first-order chi connectivity index (χ1) is 14.9. The van der Waals surface area contributed by atoms with E-state index in [1.54, 1.807) is 24.3 Å². The lowest BCUT2D eigenvalue weighted by molar-refractivity contribution is 0.0650. The molecule has 1 aliphatic rings. The van der Waals surface area contributed by atoms with E-state index in [9.17, 15) is 19.2 Å². The minimum absolute atomic E-state index is 0.0412. The molecule has 0 spiro atoms. The summed E-state index contributed by atoms with van der Waals surface area (Å²) in [6, 6.07) is 6.65. The van der Waals surface area contributed by atoms with Crippen molar-refractivity contribution < 1.29 is 9.59 Å². The SMILES string of the molecule is CCCCCn1c(=O)n(CCCN2C(=O)c3ccccc3C2=O)c(=O)c2[nH]c(Cl)nc21. The van der Waals surface area contributed by atoms with Gasteiger partial charge in [-0.3, -0.25) is 28.4 Å². The van der Waals surface area contributed by atoms with Crippen LogP contribution in [0.5, 0.6) is 0 Å². The number of rotatable bonds is 8. The number of aromatic nitrogens is 4. The average Bonchev–Trinajstić information content (AvgIpc) is 3.26. The monoisotopic (exact) mass is 443 g/mol. The van der Waals surface area contributed by atoms with E-state index in [-0.39, 0.29) is 47.8 Å². The number of nitrogens with one attached hydrogen (secondary N) is 1. The molecule has 3 heterocycles. The maximum Gasteiger partial charge on any atom is 0.332 e. The van der Waals surface area contributed by atoms with E-state index in [0.717, 1.165) is 28.7 Å². The van der Waals surface area contributed by atoms with Gasteiger partial charge >= 0.3 is 5.69 Å². The molecule has 0 aliphatic carbocycles. The molecule has 1 N–H and O–H groups in total. The molecule has 2 amide bonds. The highest BCUT2D eigenvalue weighted by molar-refractivity contribution is 6.29. The Morgan fingerprint density at radius 1 is 0.903 bits per heavy atom. The molecule has 0 fully saturated rings. The zero-order chi connectivity index (χ0) is 22.1. The lowest BCUT2D eigenvalue weighted by Crippen LogP contribution is -2.41. The van der Waals surface area contributed by atoms with Gasteiger partial charge in [-0.25, -0.2) is 4.79 Å². The Hall–Kier alpha value is -3.20. The van der Waals surface area contributed by atoms with Gasteiger partial charge in [0.1, 0.15) is 0 Å². The van der Waals surface area contributed by atoms with Gasteiger partial charge in [-0.2, -0.15) is 4.98 Å². The first-order valence-corrected chi connectivity index (χ1v) is 10.7. The third-order valence-corrected chi connectivity index (χ3v) is 5.64. The summed E-state index contributed by atoms with van der Waals surface area (Å²) in [4.78, 5) is 58.9. The van der Waals surface area contributed by atoms with Crippen LogP contribution in [0.4, 0.5) is 0 Å². The van der Waals surface area contributed by atoms with Gasteiger partial charge in [0.05, 0.1) is 11.1 Å². The highest BCUT2D eigenvalue weighted by Gasteiger charge is 2.34. The first kappa shape index (κ1) is 21.0. The van der Waals surface area contributed by atoms with Crippen molar-refractivity contribution >= 4 is 34.6 Å². The molecule has 0 unspecified atom stereocenters. The number of carbonyl (C=O) groups excluding carboxylic acids is 2. The minimum atomic E-state index is -0.520. The second kappa shape index (κ2) is 8.50. The molecule has 2 aromatic heterocycles. The number of aryl methyl sites for hydroxylation is 1. The number of unbranched alkanes of at least 4 members (excludes halogenated alkanes) is 2. The smallest absolute Gasteiger partial charge is 0.323 e. The van der Waals surface area contributed by atoms with Gasteiger partial charge in [-0.15, -0.1) is 0 Å². The van der Waals surface area contributed by atoms with Crippen molar-refractivity contribution in [3.63, 3.8) is 0 Å². The number of imide groups is 1. The quantitative estimate of drug-likeness (QED) is 0.326. The standard InChI is InChI=1S/C21H22ClN5O4/c1-2-3-6-10-25-16-15(23-20(22)24-16)19(30)27(21(25)31)12-7-11-26-17(28)13-8-4-5-9-14(13)18(26)29/h4-5,8-9H,2-3,6-7,10-12H2,1H3,(H,23,24). The minimum Gasteiger partial charge on any atom is -0.323 e. The van der Waals surface area contributed by atoms with Crippen molar-refractivity contribution in [3.05, 3.63) is 61.5 Å².